The number of anilines is 1. The summed E-state index contributed by atoms with van der Waals surface area (Å²) in [6.45, 7) is 0.352. The van der Waals surface area contributed by atoms with Crippen LogP contribution >= 0.6 is 0 Å². The topological polar surface area (TPSA) is 105 Å². The first-order valence-corrected chi connectivity index (χ1v) is 5.77. The number of carbonyl (C=O) groups excluding carboxylic acids is 1. The molecule has 0 aliphatic heterocycles. The highest BCUT2D eigenvalue weighted by Gasteiger charge is 2.44. The van der Waals surface area contributed by atoms with Crippen LogP contribution in [0.2, 0.25) is 0 Å². The average Bonchev–Trinajstić information content (AvgIpc) is 2.27. The van der Waals surface area contributed by atoms with Gasteiger partial charge in [-0.3, -0.25) is 14.6 Å². The Morgan fingerprint density at radius 1 is 1.50 bits per heavy atom. The van der Waals surface area contributed by atoms with Gasteiger partial charge in [0, 0.05) is 18.4 Å². The van der Waals surface area contributed by atoms with E-state index in [2.05, 4.69) is 10.3 Å². The van der Waals surface area contributed by atoms with Crippen molar-refractivity contribution in [2.75, 3.05) is 11.9 Å². The van der Waals surface area contributed by atoms with Crippen LogP contribution in [0.15, 0.2) is 18.3 Å². The minimum atomic E-state index is -0.773. The zero-order chi connectivity index (χ0) is 13.2. The van der Waals surface area contributed by atoms with Gasteiger partial charge in [-0.1, -0.05) is 6.42 Å². The van der Waals surface area contributed by atoms with Gasteiger partial charge in [-0.2, -0.15) is 0 Å². The SMILES string of the molecule is NC(=O)c1cc(NCC2(C(=O)O)CCC2)ccn1. The quantitative estimate of drug-likeness (QED) is 0.717. The molecule has 18 heavy (non-hydrogen) atoms. The lowest BCUT2D eigenvalue weighted by molar-refractivity contribution is -0.153. The standard InChI is InChI=1S/C12H15N3O3/c13-10(16)9-6-8(2-5-14-9)15-7-12(11(17)18)3-1-4-12/h2,5-6H,1,3-4,7H2,(H2,13,16)(H,14,15)(H,17,18). The maximum atomic E-state index is 11.2. The van der Waals surface area contributed by atoms with Gasteiger partial charge in [0.1, 0.15) is 5.69 Å². The van der Waals surface area contributed by atoms with Crippen molar-refractivity contribution < 1.29 is 14.7 Å². The molecule has 0 saturated heterocycles. The molecule has 1 heterocycles. The van der Waals surface area contributed by atoms with Crippen molar-refractivity contribution in [3.05, 3.63) is 24.0 Å². The Labute approximate surface area is 104 Å². The van der Waals surface area contributed by atoms with Crippen LogP contribution in [0.3, 0.4) is 0 Å². The predicted octanol–water partition coefficient (Wildman–Crippen LogP) is 0.847. The Morgan fingerprint density at radius 2 is 2.22 bits per heavy atom. The second kappa shape index (κ2) is 4.64. The molecule has 6 heteroatoms. The van der Waals surface area contributed by atoms with Gasteiger partial charge in [0.15, 0.2) is 0 Å². The van der Waals surface area contributed by atoms with Crippen molar-refractivity contribution in [2.45, 2.75) is 19.3 Å². The van der Waals surface area contributed by atoms with E-state index in [9.17, 15) is 14.7 Å². The fourth-order valence-electron chi connectivity index (χ4n) is 2.02. The predicted molar refractivity (Wildman–Crippen MR) is 65.2 cm³/mol. The van der Waals surface area contributed by atoms with Crippen LogP contribution < -0.4 is 11.1 Å². The van der Waals surface area contributed by atoms with E-state index >= 15 is 0 Å². The molecule has 6 nitrogen and oxygen atoms in total. The summed E-state index contributed by atoms with van der Waals surface area (Å²) in [5.74, 6) is -1.37. The van der Waals surface area contributed by atoms with E-state index in [1.54, 1.807) is 6.07 Å². The molecule has 1 amide bonds. The minimum absolute atomic E-state index is 0.165. The van der Waals surface area contributed by atoms with Gasteiger partial charge in [0.25, 0.3) is 5.91 Å². The number of nitrogens with one attached hydrogen (secondary N) is 1. The number of nitrogens with zero attached hydrogens (tertiary/aromatic N) is 1. The van der Waals surface area contributed by atoms with Crippen molar-refractivity contribution in [2.24, 2.45) is 11.1 Å². The Hall–Kier alpha value is -2.11. The van der Waals surface area contributed by atoms with Gasteiger partial charge >= 0.3 is 5.97 Å². The molecule has 2 rings (SSSR count). The fraction of sp³-hybridized carbons (Fsp3) is 0.417. The maximum absolute atomic E-state index is 11.2. The van der Waals surface area contributed by atoms with E-state index in [1.165, 1.54) is 12.3 Å². The Morgan fingerprint density at radius 3 is 2.72 bits per heavy atom. The van der Waals surface area contributed by atoms with Gasteiger partial charge in [0.2, 0.25) is 0 Å². The van der Waals surface area contributed by atoms with E-state index in [0.29, 0.717) is 25.1 Å². The van der Waals surface area contributed by atoms with Gasteiger partial charge in [-0.15, -0.1) is 0 Å². The number of aliphatic carboxylic acids is 1. The number of carbonyl (C=O) groups is 2. The summed E-state index contributed by atoms with van der Waals surface area (Å²) in [6.07, 6.45) is 3.78. The molecule has 0 atom stereocenters. The maximum Gasteiger partial charge on any atom is 0.311 e. The number of carboxylic acids is 1. The summed E-state index contributed by atoms with van der Waals surface area (Å²) in [4.78, 5) is 26.0. The van der Waals surface area contributed by atoms with Crippen LogP contribution in [0.4, 0.5) is 5.69 Å². The lowest BCUT2D eigenvalue weighted by Crippen LogP contribution is -2.43. The third-order valence-electron chi connectivity index (χ3n) is 3.41. The van der Waals surface area contributed by atoms with E-state index < -0.39 is 17.3 Å². The molecule has 1 aliphatic carbocycles. The normalized spacial score (nSPS) is 16.7. The molecule has 0 aromatic carbocycles. The highest BCUT2D eigenvalue weighted by molar-refractivity contribution is 5.91. The highest BCUT2D eigenvalue weighted by Crippen LogP contribution is 2.41. The number of amides is 1. The van der Waals surface area contributed by atoms with Crippen LogP contribution in [0.5, 0.6) is 0 Å². The molecule has 1 aliphatic rings. The van der Waals surface area contributed by atoms with Crippen LogP contribution in [-0.2, 0) is 4.79 Å². The molecule has 0 bridgehead atoms. The number of primary amides is 1. The summed E-state index contributed by atoms with van der Waals surface area (Å²) in [7, 11) is 0. The molecular formula is C12H15N3O3. The zero-order valence-electron chi connectivity index (χ0n) is 9.85. The number of pyridine rings is 1. The number of carboxylic acid groups (broad SMARTS) is 1. The third-order valence-corrected chi connectivity index (χ3v) is 3.41. The first kappa shape index (κ1) is 12.3. The summed E-state index contributed by atoms with van der Waals surface area (Å²) < 4.78 is 0. The van der Waals surface area contributed by atoms with E-state index in [0.717, 1.165) is 6.42 Å². The number of hydrogen-bond donors (Lipinski definition) is 3. The van der Waals surface area contributed by atoms with E-state index in [1.807, 2.05) is 0 Å². The molecule has 0 unspecified atom stereocenters. The molecule has 1 fully saturated rings. The molecule has 0 spiro atoms. The van der Waals surface area contributed by atoms with Crippen molar-refractivity contribution in [3.8, 4) is 0 Å². The fourth-order valence-corrected chi connectivity index (χ4v) is 2.02. The molecule has 4 N–H and O–H groups in total. The molecule has 96 valence electrons. The Balaban J connectivity index is 2.04. The van der Waals surface area contributed by atoms with Crippen LogP contribution in [0.1, 0.15) is 29.8 Å². The smallest absolute Gasteiger partial charge is 0.311 e. The summed E-state index contributed by atoms with van der Waals surface area (Å²) in [5, 5.41) is 12.2. The molecule has 1 saturated carbocycles. The molecule has 0 radical (unpaired) electrons. The second-order valence-corrected chi connectivity index (χ2v) is 4.59. The van der Waals surface area contributed by atoms with E-state index in [-0.39, 0.29) is 5.69 Å². The lowest BCUT2D eigenvalue weighted by atomic mass is 9.69. The molecular weight excluding hydrogens is 234 g/mol. The van der Waals surface area contributed by atoms with Crippen LogP contribution in [0.25, 0.3) is 0 Å². The number of nitrogens with two attached hydrogens (primary N) is 1. The summed E-state index contributed by atoms with van der Waals surface area (Å²) in [6, 6.07) is 3.21. The Bertz CT molecular complexity index is 483. The first-order chi connectivity index (χ1) is 8.53. The van der Waals surface area contributed by atoms with Gasteiger partial charge in [-0.05, 0) is 25.0 Å². The zero-order valence-corrected chi connectivity index (χ0v) is 9.85. The minimum Gasteiger partial charge on any atom is -0.481 e. The second-order valence-electron chi connectivity index (χ2n) is 4.59. The van der Waals surface area contributed by atoms with Gasteiger partial charge < -0.3 is 16.2 Å². The largest absolute Gasteiger partial charge is 0.481 e. The highest BCUT2D eigenvalue weighted by atomic mass is 16.4. The Kier molecular flexibility index (Phi) is 3.18. The molecule has 1 aromatic heterocycles. The number of hydrogen-bond acceptors (Lipinski definition) is 4. The van der Waals surface area contributed by atoms with E-state index in [4.69, 9.17) is 5.73 Å². The molecule has 1 aromatic rings. The van der Waals surface area contributed by atoms with Gasteiger partial charge in [0.05, 0.1) is 5.41 Å². The number of rotatable bonds is 5. The monoisotopic (exact) mass is 249 g/mol. The average molecular weight is 249 g/mol. The summed E-state index contributed by atoms with van der Waals surface area (Å²) in [5.41, 5.74) is 5.28. The van der Waals surface area contributed by atoms with Crippen LogP contribution in [-0.4, -0.2) is 28.5 Å². The third kappa shape index (κ3) is 2.27. The first-order valence-electron chi connectivity index (χ1n) is 5.77. The van der Waals surface area contributed by atoms with Crippen molar-refractivity contribution in [1.82, 2.24) is 4.98 Å². The van der Waals surface area contributed by atoms with Crippen molar-refractivity contribution in [3.63, 3.8) is 0 Å². The number of aromatic nitrogens is 1. The van der Waals surface area contributed by atoms with Crippen LogP contribution in [0, 0.1) is 5.41 Å². The van der Waals surface area contributed by atoms with Gasteiger partial charge in [-0.25, -0.2) is 0 Å². The lowest BCUT2D eigenvalue weighted by Gasteiger charge is -2.37. The van der Waals surface area contributed by atoms with Crippen molar-refractivity contribution >= 4 is 17.6 Å². The summed E-state index contributed by atoms with van der Waals surface area (Å²) >= 11 is 0. The van der Waals surface area contributed by atoms with Crippen molar-refractivity contribution in [1.29, 1.82) is 0 Å².